The minimum absolute atomic E-state index is 0.358. The van der Waals surface area contributed by atoms with Crippen LogP contribution in [-0.4, -0.2) is 37.4 Å². The Kier molecular flexibility index (Phi) is 7.48. The second-order valence-electron chi connectivity index (χ2n) is 13.1. The largest absolute Gasteiger partial charge is 0.494 e. The Hall–Kier alpha value is -4.76. The van der Waals surface area contributed by atoms with E-state index in [1.165, 1.54) is 10.9 Å². The standard InChI is InChI=1S/C23H23BN2O2.C17H11BrN2/c1-22(2)23(3,4)28-24(27-22)16-12-13-19-18(15-16)21-20(11-8-14-25-21)26(19)17-9-6-5-7-10-17;18-12-8-9-15-14(11-12)17-16(7-4-10-19-17)20(15)13-5-2-1-3-6-13/h5-15H,1-4H3;1-11H. The summed E-state index contributed by atoms with van der Waals surface area (Å²) in [4.78, 5) is 9.23. The van der Waals surface area contributed by atoms with Gasteiger partial charge in [-0.2, -0.15) is 0 Å². The fraction of sp³-hybridized carbons (Fsp3) is 0.150. The molecular weight excluding hydrogens is 659 g/mol. The van der Waals surface area contributed by atoms with Crippen molar-refractivity contribution in [1.82, 2.24) is 19.1 Å². The number of halogens is 1. The minimum Gasteiger partial charge on any atom is -0.399 e. The van der Waals surface area contributed by atoms with Gasteiger partial charge in [0.1, 0.15) is 0 Å². The van der Waals surface area contributed by atoms with E-state index >= 15 is 0 Å². The zero-order valence-electron chi connectivity index (χ0n) is 27.3. The molecule has 9 rings (SSSR count). The number of hydrogen-bond acceptors (Lipinski definition) is 4. The van der Waals surface area contributed by atoms with Gasteiger partial charge in [-0.25, -0.2) is 0 Å². The highest BCUT2D eigenvalue weighted by molar-refractivity contribution is 9.10. The molecule has 0 atom stereocenters. The van der Waals surface area contributed by atoms with E-state index in [4.69, 9.17) is 9.31 Å². The van der Waals surface area contributed by atoms with Crippen LogP contribution in [0.5, 0.6) is 0 Å². The Morgan fingerprint density at radius 3 is 1.54 bits per heavy atom. The quantitative estimate of drug-likeness (QED) is 0.173. The van der Waals surface area contributed by atoms with E-state index < -0.39 is 0 Å². The second-order valence-corrected chi connectivity index (χ2v) is 14.0. The van der Waals surface area contributed by atoms with E-state index in [9.17, 15) is 0 Å². The summed E-state index contributed by atoms with van der Waals surface area (Å²) in [6, 6.07) is 41.7. The molecule has 0 spiro atoms. The topological polar surface area (TPSA) is 54.1 Å². The first-order chi connectivity index (χ1) is 23.2. The molecule has 0 bridgehead atoms. The van der Waals surface area contributed by atoms with Gasteiger partial charge in [-0.1, -0.05) is 64.5 Å². The summed E-state index contributed by atoms with van der Waals surface area (Å²) in [5.74, 6) is 0. The molecule has 48 heavy (non-hydrogen) atoms. The van der Waals surface area contributed by atoms with E-state index in [2.05, 4.69) is 160 Å². The van der Waals surface area contributed by atoms with Gasteiger partial charge in [-0.05, 0) is 106 Å². The fourth-order valence-corrected chi connectivity index (χ4v) is 6.86. The van der Waals surface area contributed by atoms with E-state index in [-0.39, 0.29) is 18.3 Å². The average Bonchev–Trinajstić information content (AvgIpc) is 3.69. The molecule has 0 saturated carbocycles. The lowest BCUT2D eigenvalue weighted by atomic mass is 9.78. The molecule has 6 nitrogen and oxygen atoms in total. The Labute approximate surface area is 288 Å². The van der Waals surface area contributed by atoms with Crippen LogP contribution < -0.4 is 5.46 Å². The monoisotopic (exact) mass is 692 g/mol. The molecule has 0 amide bonds. The van der Waals surface area contributed by atoms with Crippen LogP contribution in [0.15, 0.2) is 138 Å². The highest BCUT2D eigenvalue weighted by Crippen LogP contribution is 2.37. The van der Waals surface area contributed by atoms with Crippen molar-refractivity contribution in [2.24, 2.45) is 0 Å². The van der Waals surface area contributed by atoms with Crippen molar-refractivity contribution >= 4 is 72.4 Å². The van der Waals surface area contributed by atoms with Crippen molar-refractivity contribution in [3.8, 4) is 11.4 Å². The summed E-state index contributed by atoms with van der Waals surface area (Å²) in [5.41, 5.74) is 9.12. The third-order valence-electron chi connectivity index (χ3n) is 9.58. The average molecular weight is 693 g/mol. The van der Waals surface area contributed by atoms with Gasteiger partial charge < -0.3 is 18.4 Å². The smallest absolute Gasteiger partial charge is 0.399 e. The van der Waals surface area contributed by atoms with E-state index in [0.29, 0.717) is 0 Å². The van der Waals surface area contributed by atoms with Gasteiger partial charge in [-0.3, -0.25) is 9.97 Å². The molecule has 4 aromatic heterocycles. The van der Waals surface area contributed by atoms with Crippen molar-refractivity contribution in [3.05, 3.63) is 138 Å². The molecule has 1 fully saturated rings. The van der Waals surface area contributed by atoms with Crippen molar-refractivity contribution in [2.75, 3.05) is 0 Å². The zero-order valence-corrected chi connectivity index (χ0v) is 28.8. The van der Waals surface area contributed by atoms with Crippen LogP contribution in [0.2, 0.25) is 0 Å². The van der Waals surface area contributed by atoms with E-state index in [1.54, 1.807) is 0 Å². The van der Waals surface area contributed by atoms with Gasteiger partial charge in [0.15, 0.2) is 0 Å². The number of aromatic nitrogens is 4. The van der Waals surface area contributed by atoms with E-state index in [0.717, 1.165) is 54.3 Å². The third-order valence-corrected chi connectivity index (χ3v) is 10.1. The van der Waals surface area contributed by atoms with Crippen LogP contribution in [0.1, 0.15) is 27.7 Å². The molecule has 1 aliphatic rings. The van der Waals surface area contributed by atoms with Gasteiger partial charge in [0.25, 0.3) is 0 Å². The maximum atomic E-state index is 6.25. The van der Waals surface area contributed by atoms with E-state index in [1.807, 2.05) is 36.7 Å². The molecule has 0 N–H and O–H groups in total. The molecule has 4 aromatic carbocycles. The molecule has 5 heterocycles. The van der Waals surface area contributed by atoms with Crippen molar-refractivity contribution in [2.45, 2.75) is 38.9 Å². The molecule has 1 saturated heterocycles. The first kappa shape index (κ1) is 30.6. The molecule has 8 heteroatoms. The number of rotatable bonds is 3. The van der Waals surface area contributed by atoms with Crippen LogP contribution in [0.25, 0.3) is 55.2 Å². The summed E-state index contributed by atoms with van der Waals surface area (Å²) in [6.07, 6.45) is 3.69. The van der Waals surface area contributed by atoms with Crippen LogP contribution in [-0.2, 0) is 9.31 Å². The lowest BCUT2D eigenvalue weighted by Crippen LogP contribution is -2.41. The SMILES string of the molecule is Brc1ccc2c(c1)c1ncccc1n2-c1ccccc1.CC1(C)OB(c2ccc3c(c2)c2ncccc2n3-c2ccccc2)OC1(C)C. The summed E-state index contributed by atoms with van der Waals surface area (Å²) in [7, 11) is -0.381. The molecular formula is C40H34BBrN4O2. The van der Waals surface area contributed by atoms with Crippen LogP contribution in [0.3, 0.4) is 0 Å². The molecule has 0 radical (unpaired) electrons. The third kappa shape index (κ3) is 5.12. The summed E-state index contributed by atoms with van der Waals surface area (Å²) < 4.78 is 18.1. The first-order valence-corrected chi connectivity index (χ1v) is 16.9. The lowest BCUT2D eigenvalue weighted by molar-refractivity contribution is 0.00578. The second kappa shape index (κ2) is 11.7. The Bertz CT molecular complexity index is 2420. The van der Waals surface area contributed by atoms with Gasteiger partial charge in [0.05, 0.1) is 44.3 Å². The molecule has 8 aromatic rings. The van der Waals surface area contributed by atoms with Crippen LogP contribution in [0.4, 0.5) is 0 Å². The van der Waals surface area contributed by atoms with Crippen molar-refractivity contribution in [1.29, 1.82) is 0 Å². The van der Waals surface area contributed by atoms with Crippen molar-refractivity contribution < 1.29 is 9.31 Å². The first-order valence-electron chi connectivity index (χ1n) is 16.1. The van der Waals surface area contributed by atoms with Crippen LogP contribution in [0, 0.1) is 0 Å². The summed E-state index contributed by atoms with van der Waals surface area (Å²) in [6.45, 7) is 8.31. The predicted molar refractivity (Wildman–Crippen MR) is 201 cm³/mol. The Morgan fingerprint density at radius 1 is 0.542 bits per heavy atom. The Morgan fingerprint density at radius 2 is 1.02 bits per heavy atom. The van der Waals surface area contributed by atoms with Gasteiger partial charge in [0.2, 0.25) is 0 Å². The maximum absolute atomic E-state index is 6.25. The number of benzene rings is 4. The summed E-state index contributed by atoms with van der Waals surface area (Å²) >= 11 is 3.55. The predicted octanol–water partition coefficient (Wildman–Crippen LogP) is 9.42. The van der Waals surface area contributed by atoms with Crippen molar-refractivity contribution in [3.63, 3.8) is 0 Å². The maximum Gasteiger partial charge on any atom is 0.494 e. The normalized spacial score (nSPS) is 15.3. The molecule has 1 aliphatic heterocycles. The lowest BCUT2D eigenvalue weighted by Gasteiger charge is -2.32. The fourth-order valence-electron chi connectivity index (χ4n) is 6.50. The zero-order chi connectivity index (χ0) is 33.0. The highest BCUT2D eigenvalue weighted by atomic mass is 79.9. The van der Waals surface area contributed by atoms with Gasteiger partial charge in [-0.15, -0.1) is 0 Å². The molecule has 236 valence electrons. The summed E-state index contributed by atoms with van der Waals surface area (Å²) in [5, 5.41) is 2.27. The number of pyridine rings is 2. The van der Waals surface area contributed by atoms with Crippen LogP contribution >= 0.6 is 15.9 Å². The number of para-hydroxylation sites is 2. The Balaban J connectivity index is 0.000000148. The minimum atomic E-state index is -0.381. The van der Waals surface area contributed by atoms with Gasteiger partial charge in [0, 0.05) is 39.0 Å². The number of nitrogens with zero attached hydrogens (tertiary/aromatic N) is 4. The van der Waals surface area contributed by atoms with Gasteiger partial charge >= 0.3 is 7.12 Å². The number of fused-ring (bicyclic) bond motifs is 6. The number of hydrogen-bond donors (Lipinski definition) is 0. The molecule has 0 aliphatic carbocycles. The molecule has 0 unspecified atom stereocenters. The highest BCUT2D eigenvalue weighted by Gasteiger charge is 2.51.